The molecule has 0 aliphatic rings. The Kier molecular flexibility index (Phi) is 5.68. The topological polar surface area (TPSA) is 41.8 Å². The van der Waals surface area contributed by atoms with Gasteiger partial charge in [0.15, 0.2) is 18.9 Å². The number of benzene rings is 3. The molecule has 0 unspecified atom stereocenters. The van der Waals surface area contributed by atoms with Crippen LogP contribution in [0.1, 0.15) is 5.56 Å². The number of rotatable bonds is 5. The van der Waals surface area contributed by atoms with Crippen LogP contribution in [0.15, 0.2) is 85.2 Å². The van der Waals surface area contributed by atoms with Gasteiger partial charge < -0.3 is 9.72 Å². The van der Waals surface area contributed by atoms with Gasteiger partial charge in [0.05, 0.1) is 11.1 Å². The Morgan fingerprint density at radius 3 is 2.34 bits per heavy atom. The zero-order valence-electron chi connectivity index (χ0n) is 18.0. The lowest BCUT2D eigenvalue weighted by Gasteiger charge is -2.13. The largest absolute Gasteiger partial charge is 0.573 e. The molecule has 176 valence electrons. The molecule has 0 aliphatic carbocycles. The first kappa shape index (κ1) is 22.5. The van der Waals surface area contributed by atoms with Crippen LogP contribution >= 0.6 is 0 Å². The van der Waals surface area contributed by atoms with Crippen LogP contribution in [-0.2, 0) is 6.54 Å². The van der Waals surface area contributed by atoms with E-state index < -0.39 is 23.7 Å². The number of halogens is 5. The third-order valence-corrected chi connectivity index (χ3v) is 5.44. The minimum Gasteiger partial charge on any atom is -0.405 e. The molecule has 5 aromatic rings. The summed E-state index contributed by atoms with van der Waals surface area (Å²) in [6, 6.07) is 17.8. The van der Waals surface area contributed by atoms with Gasteiger partial charge in [-0.1, -0.05) is 36.4 Å². The molecule has 0 atom stereocenters. The molecule has 0 amide bonds. The van der Waals surface area contributed by atoms with Crippen molar-refractivity contribution in [3.63, 3.8) is 0 Å². The van der Waals surface area contributed by atoms with Crippen LogP contribution in [0.2, 0.25) is 0 Å². The van der Waals surface area contributed by atoms with Gasteiger partial charge in [-0.25, -0.2) is 13.8 Å². The summed E-state index contributed by atoms with van der Waals surface area (Å²) in [5.74, 6) is -1.000. The van der Waals surface area contributed by atoms with Gasteiger partial charge in [-0.05, 0) is 35.9 Å². The third-order valence-electron chi connectivity index (χ3n) is 5.44. The molecule has 9 heteroatoms. The molecule has 2 aromatic heterocycles. The standard InChI is InChI=1S/C26H16F5N3O/c27-20-7-3-1-6-19(20)25-32-22-11-12-34(15-23(22)33-25)14-17-10-9-16(13-21(17)28)18-5-2-4-8-24(18)35-26(29,30)31/h1-13,15H,14H2/p+1. The van der Waals surface area contributed by atoms with E-state index in [0.717, 1.165) is 0 Å². The van der Waals surface area contributed by atoms with Gasteiger partial charge in [0.2, 0.25) is 0 Å². The van der Waals surface area contributed by atoms with Crippen LogP contribution in [0, 0.1) is 11.6 Å². The van der Waals surface area contributed by atoms with Crippen molar-refractivity contribution in [1.82, 2.24) is 9.97 Å². The molecule has 4 nitrogen and oxygen atoms in total. The highest BCUT2D eigenvalue weighted by atomic mass is 19.4. The predicted octanol–water partition coefficient (Wildman–Crippen LogP) is 6.41. The van der Waals surface area contributed by atoms with Crippen LogP contribution in [0.5, 0.6) is 5.75 Å². The molecule has 1 N–H and O–H groups in total. The van der Waals surface area contributed by atoms with E-state index >= 15 is 0 Å². The lowest BCUT2D eigenvalue weighted by Crippen LogP contribution is -2.33. The van der Waals surface area contributed by atoms with Gasteiger partial charge in [-0.15, -0.1) is 13.2 Å². The number of aromatic amines is 1. The maximum absolute atomic E-state index is 14.9. The van der Waals surface area contributed by atoms with Gasteiger partial charge in [0.1, 0.15) is 34.2 Å². The Labute approximate surface area is 196 Å². The van der Waals surface area contributed by atoms with Gasteiger partial charge in [-0.3, -0.25) is 0 Å². The molecule has 0 fully saturated rings. The second-order valence-electron chi connectivity index (χ2n) is 7.83. The highest BCUT2D eigenvalue weighted by Gasteiger charge is 2.32. The maximum atomic E-state index is 14.9. The number of nitrogens with one attached hydrogen (secondary N) is 1. The van der Waals surface area contributed by atoms with E-state index in [2.05, 4.69) is 14.7 Å². The number of fused-ring (bicyclic) bond motifs is 1. The van der Waals surface area contributed by atoms with Gasteiger partial charge in [0.25, 0.3) is 0 Å². The summed E-state index contributed by atoms with van der Waals surface area (Å²) in [5, 5.41) is 0. The Bertz CT molecular complexity index is 1530. The maximum Gasteiger partial charge on any atom is 0.573 e. The molecule has 0 bridgehead atoms. The normalized spacial score (nSPS) is 11.7. The second kappa shape index (κ2) is 8.83. The lowest BCUT2D eigenvalue weighted by atomic mass is 10.0. The smallest absolute Gasteiger partial charge is 0.405 e. The molecule has 3 aromatic carbocycles. The van der Waals surface area contributed by atoms with Gasteiger partial charge in [-0.2, -0.15) is 4.57 Å². The highest BCUT2D eigenvalue weighted by molar-refractivity contribution is 5.77. The van der Waals surface area contributed by atoms with E-state index in [4.69, 9.17) is 0 Å². The number of hydrogen-bond acceptors (Lipinski definition) is 2. The van der Waals surface area contributed by atoms with Crippen LogP contribution in [0.25, 0.3) is 33.5 Å². The number of imidazole rings is 1. The number of alkyl halides is 3. The molecular weight excluding hydrogens is 465 g/mol. The zero-order chi connectivity index (χ0) is 24.6. The Morgan fingerprint density at radius 1 is 0.857 bits per heavy atom. The number of ether oxygens (including phenoxy) is 1. The minimum atomic E-state index is -4.86. The van der Waals surface area contributed by atoms with Crippen molar-refractivity contribution in [2.24, 2.45) is 0 Å². The van der Waals surface area contributed by atoms with Crippen LogP contribution in [0.4, 0.5) is 22.0 Å². The highest BCUT2D eigenvalue weighted by Crippen LogP contribution is 2.34. The molecular formula is C26H17F5N3O+. The third kappa shape index (κ3) is 4.84. The molecule has 0 aliphatic heterocycles. The number of nitrogens with zero attached hydrogens (tertiary/aromatic N) is 2. The summed E-state index contributed by atoms with van der Waals surface area (Å²) < 4.78 is 73.0. The predicted molar refractivity (Wildman–Crippen MR) is 119 cm³/mol. The zero-order valence-corrected chi connectivity index (χ0v) is 18.0. The van der Waals surface area contributed by atoms with Crippen molar-refractivity contribution >= 4 is 11.0 Å². The van der Waals surface area contributed by atoms with E-state index in [9.17, 15) is 22.0 Å². The molecule has 0 saturated carbocycles. The Morgan fingerprint density at radius 2 is 1.60 bits per heavy atom. The summed E-state index contributed by atoms with van der Waals surface area (Å²) in [5.41, 5.74) is 2.32. The summed E-state index contributed by atoms with van der Waals surface area (Å²) >= 11 is 0. The summed E-state index contributed by atoms with van der Waals surface area (Å²) in [7, 11) is 0. The summed E-state index contributed by atoms with van der Waals surface area (Å²) in [6.07, 6.45) is -1.41. The van der Waals surface area contributed by atoms with Crippen molar-refractivity contribution in [3.05, 3.63) is 102 Å². The van der Waals surface area contributed by atoms with Crippen LogP contribution < -0.4 is 9.30 Å². The fourth-order valence-electron chi connectivity index (χ4n) is 3.84. The number of H-pyrrole nitrogens is 1. The molecule has 0 spiro atoms. The fourth-order valence-corrected chi connectivity index (χ4v) is 3.84. The molecule has 0 radical (unpaired) electrons. The molecule has 0 saturated heterocycles. The van der Waals surface area contributed by atoms with E-state index in [1.54, 1.807) is 53.4 Å². The summed E-state index contributed by atoms with van der Waals surface area (Å²) in [6.45, 7) is 0.163. The van der Waals surface area contributed by atoms with E-state index in [1.165, 1.54) is 36.4 Å². The van der Waals surface area contributed by atoms with Crippen LogP contribution in [-0.4, -0.2) is 16.3 Å². The molecule has 2 heterocycles. The Balaban J connectivity index is 1.41. The number of aromatic nitrogens is 3. The van der Waals surface area contributed by atoms with Crippen molar-refractivity contribution in [3.8, 4) is 28.3 Å². The molecule has 35 heavy (non-hydrogen) atoms. The SMILES string of the molecule is Fc1cc(-c2ccccc2OC(F)(F)F)ccc1C[n+]1ccc2nc(-c3ccccc3F)[nH]c2c1. The first-order valence-corrected chi connectivity index (χ1v) is 10.5. The monoisotopic (exact) mass is 482 g/mol. The average Bonchev–Trinajstić information content (AvgIpc) is 3.23. The quantitative estimate of drug-likeness (QED) is 0.232. The van der Waals surface area contributed by atoms with Crippen molar-refractivity contribution < 1.29 is 31.3 Å². The van der Waals surface area contributed by atoms with E-state index in [1.807, 2.05) is 0 Å². The first-order chi connectivity index (χ1) is 16.8. The molecule has 5 rings (SSSR count). The van der Waals surface area contributed by atoms with E-state index in [-0.39, 0.29) is 17.7 Å². The lowest BCUT2D eigenvalue weighted by molar-refractivity contribution is -0.687. The fraction of sp³-hybridized carbons (Fsp3) is 0.0769. The van der Waals surface area contributed by atoms with Gasteiger partial charge >= 0.3 is 6.36 Å². The Hall–Kier alpha value is -4.27. The van der Waals surface area contributed by atoms with Crippen molar-refractivity contribution in [2.75, 3.05) is 0 Å². The van der Waals surface area contributed by atoms with Crippen molar-refractivity contribution in [1.29, 1.82) is 0 Å². The van der Waals surface area contributed by atoms with Crippen molar-refractivity contribution in [2.45, 2.75) is 12.9 Å². The van der Waals surface area contributed by atoms with Crippen LogP contribution in [0.3, 0.4) is 0 Å². The number of pyridine rings is 1. The number of para-hydroxylation sites is 1. The second-order valence-corrected chi connectivity index (χ2v) is 7.83. The number of hydrogen-bond donors (Lipinski definition) is 1. The minimum absolute atomic E-state index is 0.127. The van der Waals surface area contributed by atoms with E-state index in [0.29, 0.717) is 28.0 Å². The average molecular weight is 482 g/mol. The van der Waals surface area contributed by atoms with Gasteiger partial charge in [0, 0.05) is 11.6 Å². The summed E-state index contributed by atoms with van der Waals surface area (Å²) in [4.78, 5) is 7.49. The first-order valence-electron chi connectivity index (χ1n) is 10.5.